The lowest BCUT2D eigenvalue weighted by molar-refractivity contribution is -0.138. The fraction of sp³-hybridized carbons (Fsp3) is 0.200. The van der Waals surface area contributed by atoms with E-state index in [1.165, 1.54) is 6.08 Å². The number of nitrogens with zero attached hydrogens (tertiary/aromatic N) is 2. The molecule has 29 heavy (non-hydrogen) atoms. The molecule has 0 aliphatic rings. The smallest absolute Gasteiger partial charge is 0.417 e. The topological polar surface area (TPSA) is 44.1 Å². The van der Waals surface area contributed by atoms with Gasteiger partial charge in [0, 0.05) is 35.8 Å². The van der Waals surface area contributed by atoms with Crippen LogP contribution in [0.15, 0.2) is 52.7 Å². The van der Waals surface area contributed by atoms with Crippen molar-refractivity contribution in [3.05, 3.63) is 58.8 Å². The number of hydrogen-bond donors (Lipinski definition) is 0. The quantitative estimate of drug-likeness (QED) is 0.362. The van der Waals surface area contributed by atoms with Crippen LogP contribution in [0.3, 0.4) is 0 Å². The molecule has 3 aromatic rings. The molecule has 0 unspecified atom stereocenters. The van der Waals surface area contributed by atoms with Crippen molar-refractivity contribution < 1.29 is 22.7 Å². The summed E-state index contributed by atoms with van der Waals surface area (Å²) in [6, 6.07) is 8.39. The minimum Gasteiger partial charge on any atom is -0.463 e. The Kier molecular flexibility index (Phi) is 6.24. The molecule has 0 radical (unpaired) electrons. The molecule has 0 N–H and O–H groups in total. The summed E-state index contributed by atoms with van der Waals surface area (Å²) in [5.41, 5.74) is 0.701. The molecule has 0 bridgehead atoms. The Morgan fingerprint density at radius 3 is 2.72 bits per heavy atom. The van der Waals surface area contributed by atoms with Gasteiger partial charge in [0.05, 0.1) is 22.2 Å². The number of benzene rings is 1. The Balaban J connectivity index is 2.06. The minimum absolute atomic E-state index is 0.101. The number of hydrogen-bond acceptors (Lipinski definition) is 4. The zero-order chi connectivity index (χ0) is 21.2. The van der Waals surface area contributed by atoms with E-state index in [9.17, 15) is 18.0 Å². The van der Waals surface area contributed by atoms with Gasteiger partial charge in [-0.15, -0.1) is 0 Å². The highest BCUT2D eigenvalue weighted by Crippen LogP contribution is 2.40. The number of carbonyl (C=O) groups is 1. The Morgan fingerprint density at radius 1 is 1.34 bits per heavy atom. The second-order valence-corrected chi connectivity index (χ2v) is 7.38. The van der Waals surface area contributed by atoms with Gasteiger partial charge in [0.1, 0.15) is 5.03 Å². The predicted octanol–water partition coefficient (Wildman–Crippen LogP) is 5.97. The highest BCUT2D eigenvalue weighted by molar-refractivity contribution is 7.99. The molecule has 0 aliphatic heterocycles. The Morgan fingerprint density at radius 2 is 2.07 bits per heavy atom. The van der Waals surface area contributed by atoms with Crippen LogP contribution in [0, 0.1) is 0 Å². The van der Waals surface area contributed by atoms with Crippen LogP contribution in [0.4, 0.5) is 13.2 Å². The van der Waals surface area contributed by atoms with Gasteiger partial charge >= 0.3 is 12.1 Å². The standard InChI is InChI=1S/C20H16ClF3N2O2S/c1-3-28-17(27)9-8-14-13-6-4-5-7-16(13)26(2)19(14)29-18-15(21)10-12(11-25-18)20(22,23)24/h4-11H,3H2,1-2H3/b9-8+. The van der Waals surface area contributed by atoms with E-state index < -0.39 is 17.7 Å². The van der Waals surface area contributed by atoms with Gasteiger partial charge in [0.25, 0.3) is 0 Å². The van der Waals surface area contributed by atoms with Crippen molar-refractivity contribution in [2.24, 2.45) is 7.05 Å². The monoisotopic (exact) mass is 440 g/mol. The van der Waals surface area contributed by atoms with Crippen molar-refractivity contribution in [1.29, 1.82) is 0 Å². The Bertz CT molecular complexity index is 1090. The summed E-state index contributed by atoms with van der Waals surface area (Å²) in [5.74, 6) is -0.484. The van der Waals surface area contributed by atoms with E-state index >= 15 is 0 Å². The highest BCUT2D eigenvalue weighted by atomic mass is 35.5. The Labute approximate surface area is 174 Å². The summed E-state index contributed by atoms with van der Waals surface area (Å²) >= 11 is 7.20. The van der Waals surface area contributed by atoms with Gasteiger partial charge in [-0.3, -0.25) is 0 Å². The van der Waals surface area contributed by atoms with E-state index in [1.807, 2.05) is 35.9 Å². The van der Waals surface area contributed by atoms with Gasteiger partial charge in [0.2, 0.25) is 0 Å². The summed E-state index contributed by atoms with van der Waals surface area (Å²) in [6.07, 6.45) is -0.824. The zero-order valence-corrected chi connectivity index (χ0v) is 17.0. The number of aromatic nitrogens is 2. The summed E-state index contributed by atoms with van der Waals surface area (Å²) in [5, 5.41) is 1.69. The maximum absolute atomic E-state index is 12.9. The number of carbonyl (C=O) groups excluding carboxylic acids is 1. The van der Waals surface area contributed by atoms with E-state index in [-0.39, 0.29) is 16.7 Å². The van der Waals surface area contributed by atoms with Gasteiger partial charge in [-0.25, -0.2) is 9.78 Å². The number of halogens is 4. The number of para-hydroxylation sites is 1. The third-order valence-corrected chi connectivity index (χ3v) is 5.70. The van der Waals surface area contributed by atoms with Gasteiger partial charge in [-0.2, -0.15) is 13.2 Å². The first-order valence-corrected chi connectivity index (χ1v) is 9.74. The molecule has 152 valence electrons. The van der Waals surface area contributed by atoms with E-state index in [2.05, 4.69) is 4.98 Å². The van der Waals surface area contributed by atoms with Crippen LogP contribution in [-0.2, 0) is 22.8 Å². The van der Waals surface area contributed by atoms with Crippen LogP contribution in [0.25, 0.3) is 17.0 Å². The second-order valence-electron chi connectivity index (χ2n) is 5.99. The van der Waals surface area contributed by atoms with Crippen molar-refractivity contribution in [2.75, 3.05) is 6.61 Å². The lowest BCUT2D eigenvalue weighted by atomic mass is 10.1. The van der Waals surface area contributed by atoms with E-state index in [0.29, 0.717) is 5.03 Å². The van der Waals surface area contributed by atoms with Crippen LogP contribution in [0.1, 0.15) is 18.1 Å². The van der Waals surface area contributed by atoms with Crippen LogP contribution >= 0.6 is 23.4 Å². The lowest BCUT2D eigenvalue weighted by Crippen LogP contribution is -2.05. The van der Waals surface area contributed by atoms with Crippen molar-refractivity contribution in [1.82, 2.24) is 9.55 Å². The van der Waals surface area contributed by atoms with Gasteiger partial charge in [-0.05, 0) is 36.9 Å². The lowest BCUT2D eigenvalue weighted by Gasteiger charge is -2.10. The summed E-state index contributed by atoms with van der Waals surface area (Å²) in [4.78, 5) is 15.7. The summed E-state index contributed by atoms with van der Waals surface area (Å²) < 4.78 is 45.4. The number of alkyl halides is 3. The van der Waals surface area contributed by atoms with Crippen LogP contribution in [0.2, 0.25) is 5.02 Å². The van der Waals surface area contributed by atoms with Crippen LogP contribution in [-0.4, -0.2) is 22.1 Å². The third-order valence-electron chi connectivity index (χ3n) is 4.09. The number of ether oxygens (including phenoxy) is 1. The highest BCUT2D eigenvalue weighted by Gasteiger charge is 2.31. The van der Waals surface area contributed by atoms with E-state index in [0.717, 1.165) is 40.5 Å². The van der Waals surface area contributed by atoms with Gasteiger partial charge < -0.3 is 9.30 Å². The largest absolute Gasteiger partial charge is 0.463 e. The molecule has 0 atom stereocenters. The normalized spacial score (nSPS) is 12.1. The molecule has 2 aromatic heterocycles. The molecule has 0 amide bonds. The predicted molar refractivity (Wildman–Crippen MR) is 107 cm³/mol. The molecule has 0 fully saturated rings. The first-order valence-electron chi connectivity index (χ1n) is 8.55. The number of esters is 1. The molecule has 0 spiro atoms. The molecular weight excluding hydrogens is 425 g/mol. The van der Waals surface area contributed by atoms with Crippen LogP contribution < -0.4 is 0 Å². The number of pyridine rings is 1. The third kappa shape index (κ3) is 4.59. The molecular formula is C20H16ClF3N2O2S. The summed E-state index contributed by atoms with van der Waals surface area (Å²) in [6.45, 7) is 1.97. The van der Waals surface area contributed by atoms with Crippen LogP contribution in [0.5, 0.6) is 0 Å². The summed E-state index contributed by atoms with van der Waals surface area (Å²) in [7, 11) is 1.82. The van der Waals surface area contributed by atoms with Crippen molar-refractivity contribution in [2.45, 2.75) is 23.2 Å². The van der Waals surface area contributed by atoms with Gasteiger partial charge in [0.15, 0.2) is 0 Å². The van der Waals surface area contributed by atoms with Crippen molar-refractivity contribution in [3.63, 3.8) is 0 Å². The van der Waals surface area contributed by atoms with Gasteiger partial charge in [-0.1, -0.05) is 29.8 Å². The molecule has 1 aromatic carbocycles. The number of rotatable bonds is 5. The molecule has 0 aliphatic carbocycles. The minimum atomic E-state index is -4.52. The zero-order valence-electron chi connectivity index (χ0n) is 15.5. The van der Waals surface area contributed by atoms with E-state index in [4.69, 9.17) is 16.3 Å². The average Bonchev–Trinajstić information content (AvgIpc) is 2.93. The first kappa shape index (κ1) is 21.3. The molecule has 0 saturated carbocycles. The van der Waals surface area contributed by atoms with Crippen molar-refractivity contribution in [3.8, 4) is 0 Å². The van der Waals surface area contributed by atoms with E-state index in [1.54, 1.807) is 13.0 Å². The number of fused-ring (bicyclic) bond motifs is 1. The SMILES string of the molecule is CCOC(=O)/C=C/c1c(Sc2ncc(C(F)(F)F)cc2Cl)n(C)c2ccccc12. The maximum atomic E-state index is 12.9. The molecule has 9 heteroatoms. The molecule has 0 saturated heterocycles. The fourth-order valence-corrected chi connectivity index (χ4v) is 4.02. The second kappa shape index (κ2) is 8.51. The molecule has 4 nitrogen and oxygen atoms in total. The fourth-order valence-electron chi connectivity index (χ4n) is 2.77. The average molecular weight is 441 g/mol. The molecule has 2 heterocycles. The number of aryl methyl sites for hydroxylation is 1. The first-order chi connectivity index (χ1) is 13.7. The van der Waals surface area contributed by atoms with Crippen molar-refractivity contribution >= 4 is 46.3 Å². The Hall–Kier alpha value is -2.45. The maximum Gasteiger partial charge on any atom is 0.417 e. The molecule has 3 rings (SSSR count).